The van der Waals surface area contributed by atoms with Crippen LogP contribution < -0.4 is 0 Å². The molecule has 0 bridgehead atoms. The second-order valence-electron chi connectivity index (χ2n) is 5.04. The normalized spacial score (nSPS) is 18.8. The molecule has 3 atom stereocenters. The summed E-state index contributed by atoms with van der Waals surface area (Å²) in [4.78, 5) is 0. The number of allylic oxidation sites excluding steroid dienone is 2. The third-order valence-electron chi connectivity index (χ3n) is 3.61. The molecule has 0 heteroatoms. The monoisotopic (exact) mass is 196 g/mol. The van der Waals surface area contributed by atoms with Crippen molar-refractivity contribution in [2.45, 2.75) is 54.4 Å². The van der Waals surface area contributed by atoms with Crippen molar-refractivity contribution in [1.82, 2.24) is 0 Å². The molecule has 0 N–H and O–H groups in total. The van der Waals surface area contributed by atoms with E-state index in [1.807, 2.05) is 0 Å². The van der Waals surface area contributed by atoms with Crippen molar-refractivity contribution < 1.29 is 0 Å². The molecule has 0 aliphatic rings. The fourth-order valence-electron chi connectivity index (χ4n) is 1.74. The van der Waals surface area contributed by atoms with Crippen molar-refractivity contribution in [2.75, 3.05) is 0 Å². The Morgan fingerprint density at radius 2 is 1.50 bits per heavy atom. The second-order valence-corrected chi connectivity index (χ2v) is 5.04. The van der Waals surface area contributed by atoms with Gasteiger partial charge in [-0.2, -0.15) is 0 Å². The quantitative estimate of drug-likeness (QED) is 0.530. The van der Waals surface area contributed by atoms with Crippen LogP contribution in [-0.4, -0.2) is 0 Å². The van der Waals surface area contributed by atoms with Gasteiger partial charge in [0.2, 0.25) is 0 Å². The highest BCUT2D eigenvalue weighted by molar-refractivity contribution is 4.89. The molecular weight excluding hydrogens is 168 g/mol. The fourth-order valence-corrected chi connectivity index (χ4v) is 1.74. The largest absolute Gasteiger partial charge is 0.0883 e. The van der Waals surface area contributed by atoms with Crippen LogP contribution in [0.15, 0.2) is 12.2 Å². The summed E-state index contributed by atoms with van der Waals surface area (Å²) in [5.41, 5.74) is 0. The van der Waals surface area contributed by atoms with Gasteiger partial charge in [0.25, 0.3) is 0 Å². The zero-order valence-corrected chi connectivity index (χ0v) is 10.9. The average Bonchev–Trinajstić information content (AvgIpc) is 2.15. The summed E-state index contributed by atoms with van der Waals surface area (Å²) in [5.74, 6) is 3.13. The fraction of sp³-hybridized carbons (Fsp3) is 0.857. The van der Waals surface area contributed by atoms with Gasteiger partial charge in [0.1, 0.15) is 0 Å². The van der Waals surface area contributed by atoms with Gasteiger partial charge in [0, 0.05) is 0 Å². The molecular formula is C14H28. The van der Waals surface area contributed by atoms with Crippen LogP contribution in [0.3, 0.4) is 0 Å². The van der Waals surface area contributed by atoms with Crippen molar-refractivity contribution in [2.24, 2.45) is 23.7 Å². The van der Waals surface area contributed by atoms with E-state index < -0.39 is 0 Å². The van der Waals surface area contributed by atoms with Crippen LogP contribution in [-0.2, 0) is 0 Å². The smallest absolute Gasteiger partial charge is 0.0234 e. The van der Waals surface area contributed by atoms with Crippen molar-refractivity contribution in [3.05, 3.63) is 12.2 Å². The molecule has 0 radical (unpaired) electrons. The third kappa shape index (κ3) is 4.83. The lowest BCUT2D eigenvalue weighted by Crippen LogP contribution is -2.19. The van der Waals surface area contributed by atoms with E-state index in [0.29, 0.717) is 0 Å². The molecule has 0 spiro atoms. The molecule has 0 aromatic carbocycles. The lowest BCUT2D eigenvalue weighted by Gasteiger charge is -2.27. The Labute approximate surface area is 90.8 Å². The number of hydrogen-bond acceptors (Lipinski definition) is 0. The van der Waals surface area contributed by atoms with Gasteiger partial charge in [-0.05, 0) is 30.1 Å². The summed E-state index contributed by atoms with van der Waals surface area (Å²) in [6.45, 7) is 14.0. The first-order valence-corrected chi connectivity index (χ1v) is 6.17. The van der Waals surface area contributed by atoms with E-state index in [-0.39, 0.29) is 0 Å². The zero-order chi connectivity index (χ0) is 11.1. The Bertz CT molecular complexity index is 155. The van der Waals surface area contributed by atoms with Crippen LogP contribution in [0.1, 0.15) is 54.4 Å². The molecule has 0 saturated heterocycles. The summed E-state index contributed by atoms with van der Waals surface area (Å²) >= 11 is 0. The molecule has 0 nitrogen and oxygen atoms in total. The van der Waals surface area contributed by atoms with Gasteiger partial charge in [-0.1, -0.05) is 60.1 Å². The Morgan fingerprint density at radius 3 is 1.93 bits per heavy atom. The Hall–Kier alpha value is -0.260. The highest BCUT2D eigenvalue weighted by Gasteiger charge is 2.19. The van der Waals surface area contributed by atoms with Gasteiger partial charge in [0.15, 0.2) is 0 Å². The molecule has 0 fully saturated rings. The lowest BCUT2D eigenvalue weighted by molar-refractivity contribution is 0.251. The standard InChI is InChI=1S/C14H28/c1-7-8-9-10-12(4)14(6)13(5)11(2)3/h9-14H,7-8H2,1-6H3. The van der Waals surface area contributed by atoms with E-state index in [2.05, 4.69) is 53.7 Å². The first kappa shape index (κ1) is 13.7. The molecule has 0 aromatic rings. The van der Waals surface area contributed by atoms with Crippen molar-refractivity contribution in [3.8, 4) is 0 Å². The molecule has 0 heterocycles. The van der Waals surface area contributed by atoms with Crippen LogP contribution in [0.5, 0.6) is 0 Å². The predicted molar refractivity (Wildman–Crippen MR) is 66.4 cm³/mol. The Kier molecular flexibility index (Phi) is 6.96. The number of unbranched alkanes of at least 4 members (excludes halogenated alkanes) is 1. The van der Waals surface area contributed by atoms with Crippen molar-refractivity contribution >= 4 is 0 Å². The molecule has 0 aliphatic heterocycles. The van der Waals surface area contributed by atoms with Gasteiger partial charge < -0.3 is 0 Å². The van der Waals surface area contributed by atoms with Crippen LogP contribution in [0.2, 0.25) is 0 Å². The second kappa shape index (κ2) is 7.09. The SMILES string of the molecule is CCCC=CC(C)C(C)C(C)C(C)C. The highest BCUT2D eigenvalue weighted by atomic mass is 14.2. The van der Waals surface area contributed by atoms with Crippen LogP contribution in [0.4, 0.5) is 0 Å². The summed E-state index contributed by atoms with van der Waals surface area (Å²) < 4.78 is 0. The highest BCUT2D eigenvalue weighted by Crippen LogP contribution is 2.27. The molecule has 0 amide bonds. The topological polar surface area (TPSA) is 0 Å². The van der Waals surface area contributed by atoms with Crippen LogP contribution in [0.25, 0.3) is 0 Å². The predicted octanol–water partition coefficient (Wildman–Crippen LogP) is 4.91. The van der Waals surface area contributed by atoms with E-state index in [1.165, 1.54) is 12.8 Å². The third-order valence-corrected chi connectivity index (χ3v) is 3.61. The maximum Gasteiger partial charge on any atom is -0.0234 e. The van der Waals surface area contributed by atoms with Gasteiger partial charge in [-0.25, -0.2) is 0 Å². The Balaban J connectivity index is 4.03. The van der Waals surface area contributed by atoms with E-state index in [9.17, 15) is 0 Å². The minimum atomic E-state index is 0.721. The maximum absolute atomic E-state index is 2.40. The number of hydrogen-bond donors (Lipinski definition) is 0. The van der Waals surface area contributed by atoms with Gasteiger partial charge in [0.05, 0.1) is 0 Å². The lowest BCUT2D eigenvalue weighted by atomic mass is 9.79. The Morgan fingerprint density at radius 1 is 0.929 bits per heavy atom. The first-order valence-electron chi connectivity index (χ1n) is 6.17. The number of rotatable bonds is 6. The molecule has 0 aliphatic carbocycles. The average molecular weight is 196 g/mol. The van der Waals surface area contributed by atoms with E-state index >= 15 is 0 Å². The van der Waals surface area contributed by atoms with Crippen LogP contribution >= 0.6 is 0 Å². The zero-order valence-electron chi connectivity index (χ0n) is 10.9. The van der Waals surface area contributed by atoms with E-state index in [0.717, 1.165) is 23.7 Å². The van der Waals surface area contributed by atoms with Gasteiger partial charge in [-0.15, -0.1) is 0 Å². The summed E-state index contributed by atoms with van der Waals surface area (Å²) in [7, 11) is 0. The molecule has 3 unspecified atom stereocenters. The minimum Gasteiger partial charge on any atom is -0.0883 e. The van der Waals surface area contributed by atoms with Crippen LogP contribution in [0, 0.1) is 23.7 Å². The van der Waals surface area contributed by atoms with Crippen molar-refractivity contribution in [1.29, 1.82) is 0 Å². The molecule has 0 aromatic heterocycles. The van der Waals surface area contributed by atoms with E-state index in [4.69, 9.17) is 0 Å². The molecule has 14 heavy (non-hydrogen) atoms. The summed E-state index contributed by atoms with van der Waals surface area (Å²) in [5, 5.41) is 0. The van der Waals surface area contributed by atoms with Crippen molar-refractivity contribution in [3.63, 3.8) is 0 Å². The molecule has 0 saturated carbocycles. The summed E-state index contributed by atoms with van der Waals surface area (Å²) in [6.07, 6.45) is 7.23. The van der Waals surface area contributed by atoms with E-state index in [1.54, 1.807) is 0 Å². The van der Waals surface area contributed by atoms with Gasteiger partial charge >= 0.3 is 0 Å². The molecule has 0 rings (SSSR count). The first-order chi connectivity index (χ1) is 6.50. The summed E-state index contributed by atoms with van der Waals surface area (Å²) in [6, 6.07) is 0. The van der Waals surface area contributed by atoms with Gasteiger partial charge in [-0.3, -0.25) is 0 Å². The molecule has 84 valence electrons. The maximum atomic E-state index is 2.40. The minimum absolute atomic E-state index is 0.721.